The highest BCUT2D eigenvalue weighted by Crippen LogP contribution is 2.22. The fourth-order valence-electron chi connectivity index (χ4n) is 2.38. The molecule has 3 heteroatoms. The molecule has 0 spiro atoms. The smallest absolute Gasteiger partial charge is 0.0680 e. The van der Waals surface area contributed by atoms with Crippen molar-refractivity contribution in [2.45, 2.75) is 41.2 Å². The fraction of sp³-hybridized carbons (Fsp3) is 0.438. The zero-order valence-electron chi connectivity index (χ0n) is 12.5. The molecule has 2 rings (SSSR count). The molecule has 0 aliphatic rings. The van der Waals surface area contributed by atoms with E-state index < -0.39 is 0 Å². The van der Waals surface area contributed by atoms with E-state index in [1.807, 2.05) is 0 Å². The molecule has 0 aliphatic heterocycles. The van der Waals surface area contributed by atoms with Gasteiger partial charge in [0, 0.05) is 17.8 Å². The van der Waals surface area contributed by atoms with E-state index in [4.69, 9.17) is 5.10 Å². The van der Waals surface area contributed by atoms with Crippen LogP contribution in [0.15, 0.2) is 18.2 Å². The maximum atomic E-state index is 4.71. The first-order chi connectivity index (χ1) is 9.06. The van der Waals surface area contributed by atoms with Crippen LogP contribution in [-0.4, -0.2) is 16.3 Å². The van der Waals surface area contributed by atoms with Gasteiger partial charge in [0.05, 0.1) is 11.4 Å². The van der Waals surface area contributed by atoms with Crippen LogP contribution in [0.5, 0.6) is 0 Å². The molecular formula is C16H23N3. The highest BCUT2D eigenvalue weighted by atomic mass is 15.3. The second-order valence-electron chi connectivity index (χ2n) is 5.06. The minimum absolute atomic E-state index is 0.888. The second kappa shape index (κ2) is 5.57. The van der Waals surface area contributed by atoms with E-state index in [1.165, 1.54) is 28.1 Å². The van der Waals surface area contributed by atoms with Crippen LogP contribution in [0.2, 0.25) is 0 Å². The highest BCUT2D eigenvalue weighted by Gasteiger charge is 2.13. The number of aromatic nitrogens is 2. The summed E-state index contributed by atoms with van der Waals surface area (Å²) in [7, 11) is 0. The number of benzene rings is 1. The Morgan fingerprint density at radius 3 is 2.58 bits per heavy atom. The van der Waals surface area contributed by atoms with Crippen LogP contribution < -0.4 is 5.32 Å². The van der Waals surface area contributed by atoms with E-state index >= 15 is 0 Å². The first-order valence-corrected chi connectivity index (χ1v) is 6.88. The van der Waals surface area contributed by atoms with Crippen LogP contribution in [0.4, 0.5) is 0 Å². The molecule has 0 fully saturated rings. The van der Waals surface area contributed by atoms with Crippen molar-refractivity contribution in [1.29, 1.82) is 0 Å². The molecular weight excluding hydrogens is 234 g/mol. The summed E-state index contributed by atoms with van der Waals surface area (Å²) in [4.78, 5) is 0. The summed E-state index contributed by atoms with van der Waals surface area (Å²) in [6, 6.07) is 6.38. The molecule has 1 N–H and O–H groups in total. The van der Waals surface area contributed by atoms with Gasteiger partial charge in [-0.05, 0) is 51.4 Å². The maximum absolute atomic E-state index is 4.71. The Kier molecular flexibility index (Phi) is 4.05. The lowest BCUT2D eigenvalue weighted by Gasteiger charge is -2.11. The summed E-state index contributed by atoms with van der Waals surface area (Å²) in [5, 5.41) is 8.10. The van der Waals surface area contributed by atoms with Gasteiger partial charge in [0.15, 0.2) is 0 Å². The van der Waals surface area contributed by atoms with E-state index in [0.717, 1.165) is 18.8 Å². The van der Waals surface area contributed by atoms with Crippen LogP contribution in [0.25, 0.3) is 5.69 Å². The van der Waals surface area contributed by atoms with Crippen molar-refractivity contribution in [1.82, 2.24) is 15.1 Å². The number of rotatable bonds is 4. The summed E-state index contributed by atoms with van der Waals surface area (Å²) in [5.41, 5.74) is 7.43. The fourth-order valence-corrected chi connectivity index (χ4v) is 2.38. The first kappa shape index (κ1) is 13.8. The van der Waals surface area contributed by atoms with E-state index in [-0.39, 0.29) is 0 Å². The summed E-state index contributed by atoms with van der Waals surface area (Å²) in [6.45, 7) is 12.5. The van der Waals surface area contributed by atoms with Crippen molar-refractivity contribution in [2.75, 3.05) is 6.54 Å². The molecule has 3 nitrogen and oxygen atoms in total. The van der Waals surface area contributed by atoms with Gasteiger partial charge in [-0.1, -0.05) is 19.1 Å². The summed E-state index contributed by atoms with van der Waals surface area (Å²) >= 11 is 0. The summed E-state index contributed by atoms with van der Waals surface area (Å²) in [6.07, 6.45) is 0. The number of hydrogen-bond donors (Lipinski definition) is 1. The molecule has 0 bridgehead atoms. The van der Waals surface area contributed by atoms with Crippen molar-refractivity contribution in [3.8, 4) is 5.69 Å². The third-order valence-electron chi connectivity index (χ3n) is 3.80. The predicted molar refractivity (Wildman–Crippen MR) is 79.9 cm³/mol. The predicted octanol–water partition coefficient (Wildman–Crippen LogP) is 3.22. The van der Waals surface area contributed by atoms with E-state index in [2.05, 4.69) is 62.8 Å². The van der Waals surface area contributed by atoms with Crippen molar-refractivity contribution in [2.24, 2.45) is 0 Å². The molecule has 19 heavy (non-hydrogen) atoms. The Bertz CT molecular complexity index is 582. The van der Waals surface area contributed by atoms with Gasteiger partial charge in [-0.3, -0.25) is 0 Å². The molecule has 2 aromatic rings. The number of aryl methyl sites for hydroxylation is 2. The van der Waals surface area contributed by atoms with Crippen LogP contribution in [0.3, 0.4) is 0 Å². The molecule has 0 unspecified atom stereocenters. The van der Waals surface area contributed by atoms with Crippen molar-refractivity contribution < 1.29 is 0 Å². The molecule has 0 atom stereocenters. The van der Waals surface area contributed by atoms with E-state index in [1.54, 1.807) is 0 Å². The normalized spacial score (nSPS) is 11.0. The SMILES string of the molecule is CCNCc1c(C)nn(-c2cccc(C)c2C)c1C. The molecule has 1 aromatic heterocycles. The summed E-state index contributed by atoms with van der Waals surface area (Å²) in [5.74, 6) is 0. The molecule has 1 heterocycles. The first-order valence-electron chi connectivity index (χ1n) is 6.88. The molecule has 0 aliphatic carbocycles. The van der Waals surface area contributed by atoms with Crippen LogP contribution in [-0.2, 0) is 6.54 Å². The average molecular weight is 257 g/mol. The molecule has 0 saturated carbocycles. The van der Waals surface area contributed by atoms with Gasteiger partial charge in [0.25, 0.3) is 0 Å². The molecule has 1 aromatic carbocycles. The zero-order chi connectivity index (χ0) is 14.0. The third kappa shape index (κ3) is 2.56. The minimum atomic E-state index is 0.888. The standard InChI is InChI=1S/C16H23N3/c1-6-17-10-15-13(4)18-19(14(15)5)16-9-7-8-11(2)12(16)3/h7-9,17H,6,10H2,1-5H3. The second-order valence-corrected chi connectivity index (χ2v) is 5.06. The van der Waals surface area contributed by atoms with Gasteiger partial charge >= 0.3 is 0 Å². The Morgan fingerprint density at radius 2 is 1.89 bits per heavy atom. The summed E-state index contributed by atoms with van der Waals surface area (Å²) < 4.78 is 2.07. The molecule has 102 valence electrons. The zero-order valence-corrected chi connectivity index (χ0v) is 12.5. The number of nitrogens with zero attached hydrogens (tertiary/aromatic N) is 2. The largest absolute Gasteiger partial charge is 0.313 e. The lowest BCUT2D eigenvalue weighted by Crippen LogP contribution is -2.13. The average Bonchev–Trinajstić information content (AvgIpc) is 2.66. The Labute approximate surface area is 115 Å². The molecule has 0 radical (unpaired) electrons. The maximum Gasteiger partial charge on any atom is 0.0680 e. The monoisotopic (exact) mass is 257 g/mol. The van der Waals surface area contributed by atoms with E-state index in [0.29, 0.717) is 0 Å². The lowest BCUT2D eigenvalue weighted by molar-refractivity contribution is 0.719. The van der Waals surface area contributed by atoms with Gasteiger partial charge in [0.2, 0.25) is 0 Å². The van der Waals surface area contributed by atoms with E-state index in [9.17, 15) is 0 Å². The van der Waals surface area contributed by atoms with Gasteiger partial charge in [-0.15, -0.1) is 0 Å². The van der Waals surface area contributed by atoms with Crippen LogP contribution in [0, 0.1) is 27.7 Å². The Balaban J connectivity index is 2.49. The third-order valence-corrected chi connectivity index (χ3v) is 3.80. The Morgan fingerprint density at radius 1 is 1.16 bits per heavy atom. The van der Waals surface area contributed by atoms with Crippen molar-refractivity contribution in [3.63, 3.8) is 0 Å². The van der Waals surface area contributed by atoms with Gasteiger partial charge in [-0.2, -0.15) is 5.10 Å². The van der Waals surface area contributed by atoms with Gasteiger partial charge in [-0.25, -0.2) is 4.68 Å². The number of nitrogens with one attached hydrogen (secondary N) is 1. The molecule has 0 amide bonds. The van der Waals surface area contributed by atoms with Crippen LogP contribution in [0.1, 0.15) is 35.0 Å². The van der Waals surface area contributed by atoms with Gasteiger partial charge < -0.3 is 5.32 Å². The van der Waals surface area contributed by atoms with Crippen LogP contribution >= 0.6 is 0 Å². The minimum Gasteiger partial charge on any atom is -0.313 e. The number of hydrogen-bond acceptors (Lipinski definition) is 2. The van der Waals surface area contributed by atoms with Crippen molar-refractivity contribution in [3.05, 3.63) is 46.3 Å². The Hall–Kier alpha value is -1.61. The van der Waals surface area contributed by atoms with Crippen molar-refractivity contribution >= 4 is 0 Å². The highest BCUT2D eigenvalue weighted by molar-refractivity contribution is 5.46. The van der Waals surface area contributed by atoms with Gasteiger partial charge in [0.1, 0.15) is 0 Å². The topological polar surface area (TPSA) is 29.9 Å². The molecule has 0 saturated heterocycles. The lowest BCUT2D eigenvalue weighted by atomic mass is 10.1. The quantitative estimate of drug-likeness (QED) is 0.911.